The van der Waals surface area contributed by atoms with Gasteiger partial charge < -0.3 is 29.5 Å². The molecule has 4 amide bonds. The smallest absolute Gasteiger partial charge is 0.317 e. The Morgan fingerprint density at radius 3 is 2.43 bits per heavy atom. The average molecular weight is 388 g/mol. The van der Waals surface area contributed by atoms with Crippen LogP contribution in [-0.2, 0) is 9.59 Å². The number of nitrogens with one attached hydrogen (secondary N) is 1. The van der Waals surface area contributed by atoms with Crippen molar-refractivity contribution >= 4 is 23.5 Å². The number of amides is 4. The lowest BCUT2D eigenvalue weighted by Crippen LogP contribution is -2.54. The third-order valence-corrected chi connectivity index (χ3v) is 5.30. The highest BCUT2D eigenvalue weighted by Gasteiger charge is 2.33. The predicted molar refractivity (Wildman–Crippen MR) is 101 cm³/mol. The minimum absolute atomic E-state index is 0.0246. The number of benzene rings is 1. The molecule has 2 saturated heterocycles. The van der Waals surface area contributed by atoms with Gasteiger partial charge in [0.1, 0.15) is 13.2 Å². The Balaban J connectivity index is 1.35. The maximum atomic E-state index is 12.5. The molecule has 0 saturated carbocycles. The van der Waals surface area contributed by atoms with Gasteiger partial charge in [0.15, 0.2) is 11.5 Å². The van der Waals surface area contributed by atoms with Gasteiger partial charge in [-0.1, -0.05) is 0 Å². The van der Waals surface area contributed by atoms with Crippen molar-refractivity contribution in [2.24, 2.45) is 0 Å². The van der Waals surface area contributed by atoms with Crippen LogP contribution in [0.4, 0.5) is 10.5 Å². The molecule has 0 aromatic heterocycles. The number of ether oxygens (including phenoxy) is 2. The van der Waals surface area contributed by atoms with Gasteiger partial charge in [0.25, 0.3) is 0 Å². The van der Waals surface area contributed by atoms with Crippen LogP contribution < -0.4 is 19.7 Å². The molecule has 0 radical (unpaired) electrons. The summed E-state index contributed by atoms with van der Waals surface area (Å²) in [5, 5.41) is 2.95. The minimum Gasteiger partial charge on any atom is -0.486 e. The van der Waals surface area contributed by atoms with E-state index in [4.69, 9.17) is 9.47 Å². The van der Waals surface area contributed by atoms with Crippen LogP contribution in [0.2, 0.25) is 0 Å². The van der Waals surface area contributed by atoms with E-state index in [1.54, 1.807) is 26.8 Å². The molecule has 0 aliphatic carbocycles. The Hall–Kier alpha value is -2.97. The molecule has 9 nitrogen and oxygen atoms in total. The zero-order valence-electron chi connectivity index (χ0n) is 15.8. The summed E-state index contributed by atoms with van der Waals surface area (Å²) in [6.07, 6.45) is 0.258. The molecule has 1 atom stereocenters. The summed E-state index contributed by atoms with van der Waals surface area (Å²) >= 11 is 0. The number of hydrogen-bond acceptors (Lipinski definition) is 5. The van der Waals surface area contributed by atoms with Crippen LogP contribution in [0.25, 0.3) is 0 Å². The second-order valence-electron chi connectivity index (χ2n) is 7.18. The average Bonchev–Trinajstić information content (AvgIpc) is 3.07. The summed E-state index contributed by atoms with van der Waals surface area (Å²) in [6.45, 7) is 5.02. The molecule has 28 heavy (non-hydrogen) atoms. The Kier molecular flexibility index (Phi) is 4.97. The normalized spacial score (nSPS) is 21.7. The maximum Gasteiger partial charge on any atom is 0.317 e. The third-order valence-electron chi connectivity index (χ3n) is 5.30. The Morgan fingerprint density at radius 1 is 1.04 bits per heavy atom. The summed E-state index contributed by atoms with van der Waals surface area (Å²) in [5.74, 6) is 1.29. The van der Waals surface area contributed by atoms with Gasteiger partial charge in [-0.2, -0.15) is 0 Å². The lowest BCUT2D eigenvalue weighted by atomic mass is 10.2. The van der Waals surface area contributed by atoms with E-state index in [0.717, 1.165) is 5.69 Å². The lowest BCUT2D eigenvalue weighted by Gasteiger charge is -2.34. The molecule has 1 aromatic carbocycles. The standard InChI is InChI=1S/C19H24N4O5/c1-13(24)21-4-6-22(7-5-21)19(26)20-14-10-18(25)23(12-14)15-2-3-16-17(11-15)28-9-8-27-16/h2-3,11,14H,4-10,12H2,1H3,(H,20,26). The number of fused-ring (bicyclic) bond motifs is 1. The SMILES string of the molecule is CC(=O)N1CCN(C(=O)NC2CC(=O)N(c3ccc4c(c3)OCCO4)C2)CC1. The molecule has 1 aromatic rings. The maximum absolute atomic E-state index is 12.5. The first-order chi connectivity index (χ1) is 13.5. The quantitative estimate of drug-likeness (QED) is 0.794. The number of hydrogen-bond donors (Lipinski definition) is 1. The molecule has 3 heterocycles. The fraction of sp³-hybridized carbons (Fsp3) is 0.526. The fourth-order valence-electron chi connectivity index (χ4n) is 3.74. The van der Waals surface area contributed by atoms with Gasteiger partial charge in [0, 0.05) is 57.8 Å². The molecule has 150 valence electrons. The first kappa shape index (κ1) is 18.4. The monoisotopic (exact) mass is 388 g/mol. The van der Waals surface area contributed by atoms with Crippen LogP contribution in [0.15, 0.2) is 18.2 Å². The van der Waals surface area contributed by atoms with Crippen LogP contribution >= 0.6 is 0 Å². The summed E-state index contributed by atoms with van der Waals surface area (Å²) in [4.78, 5) is 41.5. The highest BCUT2D eigenvalue weighted by Crippen LogP contribution is 2.35. The van der Waals surface area contributed by atoms with Crippen molar-refractivity contribution in [2.75, 3.05) is 50.8 Å². The van der Waals surface area contributed by atoms with Gasteiger partial charge in [-0.05, 0) is 12.1 Å². The highest BCUT2D eigenvalue weighted by molar-refractivity contribution is 5.97. The number of urea groups is 1. The molecule has 1 unspecified atom stereocenters. The van der Waals surface area contributed by atoms with E-state index in [2.05, 4.69) is 5.32 Å². The minimum atomic E-state index is -0.251. The van der Waals surface area contributed by atoms with E-state index in [-0.39, 0.29) is 30.3 Å². The van der Waals surface area contributed by atoms with Crippen LogP contribution in [0, 0.1) is 0 Å². The van der Waals surface area contributed by atoms with E-state index < -0.39 is 0 Å². The molecule has 0 spiro atoms. The summed E-state index contributed by atoms with van der Waals surface area (Å²) in [7, 11) is 0. The van der Waals surface area contributed by atoms with Gasteiger partial charge in [0.2, 0.25) is 11.8 Å². The van der Waals surface area contributed by atoms with Crippen LogP contribution in [0.3, 0.4) is 0 Å². The number of nitrogens with zero attached hydrogens (tertiary/aromatic N) is 3. The van der Waals surface area contributed by atoms with Crippen LogP contribution in [0.5, 0.6) is 11.5 Å². The molecular weight excluding hydrogens is 364 g/mol. The summed E-state index contributed by atoms with van der Waals surface area (Å²) in [5.41, 5.74) is 0.737. The van der Waals surface area contributed by atoms with Crippen molar-refractivity contribution in [2.45, 2.75) is 19.4 Å². The van der Waals surface area contributed by atoms with Crippen molar-refractivity contribution in [1.82, 2.24) is 15.1 Å². The number of carbonyl (C=O) groups is 3. The van der Waals surface area contributed by atoms with Gasteiger partial charge in [-0.15, -0.1) is 0 Å². The van der Waals surface area contributed by atoms with Crippen molar-refractivity contribution in [3.63, 3.8) is 0 Å². The Morgan fingerprint density at radius 2 is 1.71 bits per heavy atom. The summed E-state index contributed by atoms with van der Waals surface area (Å²) < 4.78 is 11.1. The second kappa shape index (κ2) is 7.57. The van der Waals surface area contributed by atoms with E-state index >= 15 is 0 Å². The first-order valence-corrected chi connectivity index (χ1v) is 9.52. The summed E-state index contributed by atoms with van der Waals surface area (Å²) in [6, 6.07) is 5.00. The van der Waals surface area contributed by atoms with Crippen molar-refractivity contribution in [1.29, 1.82) is 0 Å². The van der Waals surface area contributed by atoms with Crippen molar-refractivity contribution in [3.8, 4) is 11.5 Å². The van der Waals surface area contributed by atoms with Crippen LogP contribution in [-0.4, -0.2) is 79.6 Å². The second-order valence-corrected chi connectivity index (χ2v) is 7.18. The molecule has 0 bridgehead atoms. The topological polar surface area (TPSA) is 91.4 Å². The molecule has 3 aliphatic rings. The van der Waals surface area contributed by atoms with Crippen molar-refractivity contribution in [3.05, 3.63) is 18.2 Å². The Labute approximate surface area is 163 Å². The number of rotatable bonds is 2. The van der Waals surface area contributed by atoms with Gasteiger partial charge in [0.05, 0.1) is 6.04 Å². The molecule has 1 N–H and O–H groups in total. The molecule has 9 heteroatoms. The molecule has 3 aliphatic heterocycles. The van der Waals surface area contributed by atoms with Crippen molar-refractivity contribution < 1.29 is 23.9 Å². The largest absolute Gasteiger partial charge is 0.486 e. The lowest BCUT2D eigenvalue weighted by molar-refractivity contribution is -0.130. The highest BCUT2D eigenvalue weighted by atomic mass is 16.6. The number of anilines is 1. The molecular formula is C19H24N4O5. The zero-order valence-corrected chi connectivity index (χ0v) is 15.8. The third kappa shape index (κ3) is 3.69. The first-order valence-electron chi connectivity index (χ1n) is 9.52. The fourth-order valence-corrected chi connectivity index (χ4v) is 3.74. The zero-order chi connectivity index (χ0) is 19.7. The van der Waals surface area contributed by atoms with Gasteiger partial charge in [-0.25, -0.2) is 4.79 Å². The number of carbonyl (C=O) groups excluding carboxylic acids is 3. The van der Waals surface area contributed by atoms with Gasteiger partial charge >= 0.3 is 6.03 Å². The van der Waals surface area contributed by atoms with E-state index in [0.29, 0.717) is 57.4 Å². The molecule has 4 rings (SSSR count). The molecule has 2 fully saturated rings. The van der Waals surface area contributed by atoms with E-state index in [1.807, 2.05) is 6.07 Å². The van der Waals surface area contributed by atoms with E-state index in [9.17, 15) is 14.4 Å². The van der Waals surface area contributed by atoms with Gasteiger partial charge in [-0.3, -0.25) is 9.59 Å². The van der Waals surface area contributed by atoms with E-state index in [1.165, 1.54) is 6.92 Å². The van der Waals surface area contributed by atoms with Crippen LogP contribution in [0.1, 0.15) is 13.3 Å². The predicted octanol–water partition coefficient (Wildman–Crippen LogP) is 0.437. The Bertz CT molecular complexity index is 791. The number of piperazine rings is 1.